The Kier molecular flexibility index (Phi) is 5.15. The van der Waals surface area contributed by atoms with Crippen molar-refractivity contribution in [2.24, 2.45) is 0 Å². The Labute approximate surface area is 153 Å². The third kappa shape index (κ3) is 3.50. The first-order chi connectivity index (χ1) is 12.3. The van der Waals surface area contributed by atoms with Crippen molar-refractivity contribution in [1.29, 1.82) is 0 Å². The van der Waals surface area contributed by atoms with E-state index in [-0.39, 0.29) is 11.9 Å². The molecule has 2 saturated heterocycles. The minimum atomic E-state index is -0.117. The summed E-state index contributed by atoms with van der Waals surface area (Å²) in [4.78, 5) is 18.3. The fraction of sp³-hybridized carbons (Fsp3) is 0.450. The van der Waals surface area contributed by atoms with Crippen LogP contribution in [0.3, 0.4) is 0 Å². The predicted octanol–water partition coefficient (Wildman–Crippen LogP) is 2.07. The van der Waals surface area contributed by atoms with Crippen molar-refractivity contribution in [3.05, 3.63) is 58.3 Å². The van der Waals surface area contributed by atoms with Crippen LogP contribution in [0.15, 0.2) is 47.8 Å². The first kappa shape index (κ1) is 16.8. The molecule has 1 aromatic carbocycles. The minimum Gasteiger partial charge on any atom is -0.378 e. The molecule has 2 aliphatic heterocycles. The summed E-state index contributed by atoms with van der Waals surface area (Å²) in [5.74, 6) is 0.257. The average molecular weight is 357 g/mol. The summed E-state index contributed by atoms with van der Waals surface area (Å²) in [6, 6.07) is 15.0. The van der Waals surface area contributed by atoms with Gasteiger partial charge in [-0.2, -0.15) is 0 Å². The van der Waals surface area contributed by atoms with Crippen LogP contribution >= 0.6 is 11.3 Å². The van der Waals surface area contributed by atoms with Gasteiger partial charge in [0.15, 0.2) is 6.04 Å². The Bertz CT molecular complexity index is 683. The van der Waals surface area contributed by atoms with E-state index in [1.807, 2.05) is 34.4 Å². The van der Waals surface area contributed by atoms with Crippen molar-refractivity contribution in [2.75, 3.05) is 32.8 Å². The van der Waals surface area contributed by atoms with Crippen LogP contribution in [0.25, 0.3) is 0 Å². The maximum Gasteiger partial charge on any atom is 0.285 e. The number of benzene rings is 1. The molecule has 1 amide bonds. The van der Waals surface area contributed by atoms with E-state index in [9.17, 15) is 4.79 Å². The van der Waals surface area contributed by atoms with Gasteiger partial charge < -0.3 is 14.5 Å². The number of nitrogens with zero attached hydrogens (tertiary/aromatic N) is 1. The van der Waals surface area contributed by atoms with Crippen LogP contribution < -0.4 is 4.90 Å². The monoisotopic (exact) mass is 357 g/mol. The second-order valence-electron chi connectivity index (χ2n) is 6.82. The zero-order chi connectivity index (χ0) is 17.1. The quantitative estimate of drug-likeness (QED) is 0.909. The Morgan fingerprint density at radius 1 is 1.16 bits per heavy atom. The van der Waals surface area contributed by atoms with Crippen molar-refractivity contribution in [3.63, 3.8) is 0 Å². The number of ether oxygens (including phenoxy) is 1. The van der Waals surface area contributed by atoms with E-state index in [1.165, 1.54) is 16.2 Å². The van der Waals surface area contributed by atoms with Gasteiger partial charge >= 0.3 is 0 Å². The molecule has 0 bridgehead atoms. The van der Waals surface area contributed by atoms with Gasteiger partial charge in [-0.05, 0) is 11.4 Å². The lowest BCUT2D eigenvalue weighted by Crippen LogP contribution is -3.11. The van der Waals surface area contributed by atoms with Crippen LogP contribution in [-0.2, 0) is 9.53 Å². The van der Waals surface area contributed by atoms with Crippen LogP contribution in [0, 0.1) is 0 Å². The summed E-state index contributed by atoms with van der Waals surface area (Å²) in [7, 11) is 0. The Morgan fingerprint density at radius 3 is 2.68 bits per heavy atom. The van der Waals surface area contributed by atoms with Crippen LogP contribution in [0.2, 0.25) is 0 Å². The summed E-state index contributed by atoms with van der Waals surface area (Å²) in [6.45, 7) is 3.77. The molecule has 0 saturated carbocycles. The Hall–Kier alpha value is -1.69. The highest BCUT2D eigenvalue weighted by molar-refractivity contribution is 7.10. The molecule has 25 heavy (non-hydrogen) atoms. The van der Waals surface area contributed by atoms with Crippen molar-refractivity contribution < 1.29 is 14.4 Å². The lowest BCUT2D eigenvalue weighted by atomic mass is 10.0. The van der Waals surface area contributed by atoms with Gasteiger partial charge in [0.05, 0.1) is 24.6 Å². The van der Waals surface area contributed by atoms with Gasteiger partial charge in [-0.25, -0.2) is 0 Å². The molecule has 5 heteroatoms. The van der Waals surface area contributed by atoms with Crippen LogP contribution in [0.5, 0.6) is 0 Å². The maximum atomic E-state index is 13.5. The fourth-order valence-electron chi connectivity index (χ4n) is 4.16. The van der Waals surface area contributed by atoms with Crippen molar-refractivity contribution in [3.8, 4) is 0 Å². The van der Waals surface area contributed by atoms with Gasteiger partial charge in [0.25, 0.3) is 5.91 Å². The number of hydrogen-bond donors (Lipinski definition) is 1. The molecular weight excluding hydrogens is 332 g/mol. The summed E-state index contributed by atoms with van der Waals surface area (Å²) in [5.41, 5.74) is 1.14. The number of thiophene rings is 1. The lowest BCUT2D eigenvalue weighted by molar-refractivity contribution is -0.940. The first-order valence-corrected chi connectivity index (χ1v) is 10.0. The number of quaternary nitrogens is 1. The van der Waals surface area contributed by atoms with E-state index in [0.29, 0.717) is 32.3 Å². The number of amides is 1. The predicted molar refractivity (Wildman–Crippen MR) is 98.7 cm³/mol. The van der Waals surface area contributed by atoms with E-state index in [4.69, 9.17) is 4.74 Å². The number of nitrogens with one attached hydrogen (secondary N) is 1. The molecule has 0 radical (unpaired) electrons. The topological polar surface area (TPSA) is 34.0 Å². The molecule has 1 unspecified atom stereocenters. The average Bonchev–Trinajstić information content (AvgIpc) is 3.35. The number of hydrogen-bond acceptors (Lipinski definition) is 3. The molecule has 1 N–H and O–H groups in total. The van der Waals surface area contributed by atoms with Crippen molar-refractivity contribution in [1.82, 2.24) is 4.90 Å². The summed E-state index contributed by atoms with van der Waals surface area (Å²) >= 11 is 1.82. The standard InChI is InChI=1S/C20H24N2O2S/c23-20(21-11-13-24-14-12-21)19(16-6-2-1-3-7-16)22-10-4-8-17(22)18-9-5-15-25-18/h1-3,5-7,9,15,17,19H,4,8,10-14H2/p+1/t17-,19-/m1/s1. The van der Waals surface area contributed by atoms with Gasteiger partial charge in [-0.3, -0.25) is 4.79 Å². The largest absolute Gasteiger partial charge is 0.378 e. The number of carbonyl (C=O) groups is 1. The molecule has 1 aromatic heterocycles. The molecule has 2 aromatic rings. The van der Waals surface area contributed by atoms with E-state index < -0.39 is 0 Å². The molecule has 0 aliphatic carbocycles. The fourth-order valence-corrected chi connectivity index (χ4v) is 5.06. The number of likely N-dealkylation sites (tertiary alicyclic amines) is 1. The van der Waals surface area contributed by atoms with E-state index in [1.54, 1.807) is 0 Å². The molecule has 4 rings (SSSR count). The summed E-state index contributed by atoms with van der Waals surface area (Å²) in [6.07, 6.45) is 2.34. The maximum absolute atomic E-state index is 13.5. The lowest BCUT2D eigenvalue weighted by Gasteiger charge is -2.34. The third-order valence-electron chi connectivity index (χ3n) is 5.37. The third-order valence-corrected chi connectivity index (χ3v) is 6.35. The molecule has 2 aliphatic rings. The van der Waals surface area contributed by atoms with E-state index >= 15 is 0 Å². The number of rotatable bonds is 4. The van der Waals surface area contributed by atoms with Crippen molar-refractivity contribution in [2.45, 2.75) is 24.9 Å². The van der Waals surface area contributed by atoms with E-state index in [0.717, 1.165) is 18.5 Å². The normalized spacial score (nSPS) is 25.0. The second-order valence-corrected chi connectivity index (χ2v) is 7.80. The Morgan fingerprint density at radius 2 is 1.96 bits per heavy atom. The van der Waals surface area contributed by atoms with Crippen molar-refractivity contribution >= 4 is 17.2 Å². The first-order valence-electron chi connectivity index (χ1n) is 9.15. The molecule has 3 atom stereocenters. The number of morpholine rings is 1. The molecule has 2 fully saturated rings. The SMILES string of the molecule is O=C([C@@H](c1ccccc1)[NH+]1CCC[C@@H]1c1cccs1)N1CCOCC1. The zero-order valence-electron chi connectivity index (χ0n) is 14.4. The molecule has 3 heterocycles. The molecular formula is C20H25N2O2S+. The van der Waals surface area contributed by atoms with Crippen LogP contribution in [0.4, 0.5) is 0 Å². The van der Waals surface area contributed by atoms with Gasteiger partial charge in [-0.15, -0.1) is 11.3 Å². The highest BCUT2D eigenvalue weighted by Gasteiger charge is 2.42. The summed E-state index contributed by atoms with van der Waals surface area (Å²) < 4.78 is 5.44. The Balaban J connectivity index is 1.66. The zero-order valence-corrected chi connectivity index (χ0v) is 15.2. The van der Waals surface area contributed by atoms with E-state index in [2.05, 4.69) is 29.6 Å². The minimum absolute atomic E-state index is 0.117. The smallest absolute Gasteiger partial charge is 0.285 e. The van der Waals surface area contributed by atoms with Gasteiger partial charge in [0.2, 0.25) is 0 Å². The molecule has 4 nitrogen and oxygen atoms in total. The molecule has 132 valence electrons. The van der Waals surface area contributed by atoms with Crippen LogP contribution in [-0.4, -0.2) is 43.7 Å². The number of carbonyl (C=O) groups excluding carboxylic acids is 1. The molecule has 0 spiro atoms. The second kappa shape index (κ2) is 7.68. The van der Waals surface area contributed by atoms with Gasteiger partial charge in [0.1, 0.15) is 6.04 Å². The van der Waals surface area contributed by atoms with Gasteiger partial charge in [-0.1, -0.05) is 36.4 Å². The van der Waals surface area contributed by atoms with Gasteiger partial charge in [0, 0.05) is 31.5 Å². The van der Waals surface area contributed by atoms with Crippen LogP contribution in [0.1, 0.15) is 35.4 Å². The summed E-state index contributed by atoms with van der Waals surface area (Å²) in [5, 5.41) is 2.15. The highest BCUT2D eigenvalue weighted by Crippen LogP contribution is 2.27. The highest BCUT2D eigenvalue weighted by atomic mass is 32.1.